The normalized spacial score (nSPS) is 20.8. The van der Waals surface area contributed by atoms with Crippen molar-refractivity contribution in [1.82, 2.24) is 5.32 Å². The van der Waals surface area contributed by atoms with Crippen molar-refractivity contribution in [1.29, 1.82) is 0 Å². The fourth-order valence-corrected chi connectivity index (χ4v) is 1.58. The highest BCUT2D eigenvalue weighted by Crippen LogP contribution is 2.44. The second-order valence-electron chi connectivity index (χ2n) is 4.86. The summed E-state index contributed by atoms with van der Waals surface area (Å²) in [6, 6.07) is 4.41. The molecule has 2 rings (SSSR count). The van der Waals surface area contributed by atoms with Gasteiger partial charge in [-0.2, -0.15) is 0 Å². The third kappa shape index (κ3) is 2.18. The van der Waals surface area contributed by atoms with E-state index in [9.17, 15) is 0 Å². The summed E-state index contributed by atoms with van der Waals surface area (Å²) in [7, 11) is 0. The number of hydrogen-bond donors (Lipinski definition) is 1. The molecule has 1 saturated carbocycles. The fourth-order valence-electron chi connectivity index (χ4n) is 1.58. The van der Waals surface area contributed by atoms with Crippen LogP contribution in [-0.4, -0.2) is 6.54 Å². The molecule has 1 unspecified atom stereocenters. The van der Waals surface area contributed by atoms with E-state index >= 15 is 0 Å². The molecule has 1 aliphatic carbocycles. The van der Waals surface area contributed by atoms with Crippen molar-refractivity contribution in [3.63, 3.8) is 0 Å². The van der Waals surface area contributed by atoms with Crippen LogP contribution in [0.25, 0.3) is 0 Å². The van der Waals surface area contributed by atoms with E-state index < -0.39 is 0 Å². The Bertz CT molecular complexity index is 312. The molecular formula is C12H19NO. The molecule has 0 aromatic carbocycles. The Hall–Kier alpha value is -0.760. The van der Waals surface area contributed by atoms with E-state index in [1.54, 1.807) is 0 Å². The predicted molar refractivity (Wildman–Crippen MR) is 57.2 cm³/mol. The van der Waals surface area contributed by atoms with E-state index in [-0.39, 0.29) is 0 Å². The molecule has 2 heteroatoms. The van der Waals surface area contributed by atoms with Gasteiger partial charge in [-0.15, -0.1) is 0 Å². The van der Waals surface area contributed by atoms with E-state index in [4.69, 9.17) is 4.42 Å². The maximum atomic E-state index is 5.57. The van der Waals surface area contributed by atoms with Gasteiger partial charge in [0.25, 0.3) is 0 Å². The molecular weight excluding hydrogens is 174 g/mol. The SMILES string of the molecule is Cc1ccc(C(C)NCC2(C)CC2)o1. The Labute approximate surface area is 85.7 Å². The maximum absolute atomic E-state index is 5.57. The molecule has 1 aromatic rings. The minimum absolute atomic E-state index is 0.334. The molecule has 0 amide bonds. The Morgan fingerprint density at radius 1 is 1.50 bits per heavy atom. The number of furan rings is 1. The van der Waals surface area contributed by atoms with Crippen molar-refractivity contribution in [3.05, 3.63) is 23.7 Å². The van der Waals surface area contributed by atoms with Crippen LogP contribution in [0.1, 0.15) is 44.3 Å². The van der Waals surface area contributed by atoms with Gasteiger partial charge >= 0.3 is 0 Å². The average Bonchev–Trinajstić information content (AvgIpc) is 2.71. The summed E-state index contributed by atoms with van der Waals surface area (Å²) in [5.74, 6) is 2.04. The molecule has 0 saturated heterocycles. The van der Waals surface area contributed by atoms with Crippen molar-refractivity contribution in [2.75, 3.05) is 6.54 Å². The number of nitrogens with one attached hydrogen (secondary N) is 1. The van der Waals surface area contributed by atoms with Gasteiger partial charge in [0.1, 0.15) is 11.5 Å². The number of aryl methyl sites for hydroxylation is 1. The van der Waals surface area contributed by atoms with Gasteiger partial charge in [-0.25, -0.2) is 0 Å². The third-order valence-corrected chi connectivity index (χ3v) is 3.13. The fraction of sp³-hybridized carbons (Fsp3) is 0.667. The molecule has 0 spiro atoms. The van der Waals surface area contributed by atoms with Crippen LogP contribution in [0, 0.1) is 12.3 Å². The Morgan fingerprint density at radius 2 is 2.21 bits per heavy atom. The van der Waals surface area contributed by atoms with E-state index in [0.717, 1.165) is 18.1 Å². The lowest BCUT2D eigenvalue weighted by Gasteiger charge is -2.14. The first-order chi connectivity index (χ1) is 6.59. The Morgan fingerprint density at radius 3 is 2.71 bits per heavy atom. The summed E-state index contributed by atoms with van der Waals surface area (Å²) >= 11 is 0. The zero-order valence-corrected chi connectivity index (χ0v) is 9.26. The zero-order valence-electron chi connectivity index (χ0n) is 9.26. The third-order valence-electron chi connectivity index (χ3n) is 3.13. The van der Waals surface area contributed by atoms with Gasteiger partial charge in [-0.3, -0.25) is 0 Å². The largest absolute Gasteiger partial charge is 0.465 e. The molecule has 1 atom stereocenters. The van der Waals surface area contributed by atoms with Gasteiger partial charge in [-0.1, -0.05) is 6.92 Å². The molecule has 0 bridgehead atoms. The minimum Gasteiger partial charge on any atom is -0.465 e. The second-order valence-corrected chi connectivity index (χ2v) is 4.86. The zero-order chi connectivity index (χ0) is 10.2. The molecule has 2 nitrogen and oxygen atoms in total. The van der Waals surface area contributed by atoms with Crippen molar-refractivity contribution >= 4 is 0 Å². The lowest BCUT2D eigenvalue weighted by atomic mass is 10.1. The highest BCUT2D eigenvalue weighted by atomic mass is 16.3. The van der Waals surface area contributed by atoms with Crippen LogP contribution in [0.2, 0.25) is 0 Å². The summed E-state index contributed by atoms with van der Waals surface area (Å²) < 4.78 is 5.57. The summed E-state index contributed by atoms with van der Waals surface area (Å²) in [6.07, 6.45) is 2.73. The van der Waals surface area contributed by atoms with Crippen LogP contribution >= 0.6 is 0 Å². The monoisotopic (exact) mass is 193 g/mol. The van der Waals surface area contributed by atoms with Gasteiger partial charge in [0, 0.05) is 6.54 Å². The first-order valence-electron chi connectivity index (χ1n) is 5.39. The maximum Gasteiger partial charge on any atom is 0.120 e. The summed E-state index contributed by atoms with van der Waals surface area (Å²) in [5.41, 5.74) is 0.565. The van der Waals surface area contributed by atoms with Crippen LogP contribution in [0.15, 0.2) is 16.5 Å². The van der Waals surface area contributed by atoms with E-state index in [1.807, 2.05) is 13.0 Å². The second kappa shape index (κ2) is 3.43. The summed E-state index contributed by atoms with van der Waals surface area (Å²) in [4.78, 5) is 0. The quantitative estimate of drug-likeness (QED) is 0.795. The van der Waals surface area contributed by atoms with Crippen LogP contribution in [0.4, 0.5) is 0 Å². The minimum atomic E-state index is 0.334. The lowest BCUT2D eigenvalue weighted by molar-refractivity contribution is 0.388. The van der Waals surface area contributed by atoms with Crippen molar-refractivity contribution < 1.29 is 4.42 Å². The van der Waals surface area contributed by atoms with Crippen molar-refractivity contribution in [2.45, 2.75) is 39.7 Å². The molecule has 0 aliphatic heterocycles. The molecule has 1 heterocycles. The smallest absolute Gasteiger partial charge is 0.120 e. The van der Waals surface area contributed by atoms with Crippen molar-refractivity contribution in [2.24, 2.45) is 5.41 Å². The number of hydrogen-bond acceptors (Lipinski definition) is 2. The van der Waals surface area contributed by atoms with E-state index in [2.05, 4.69) is 25.2 Å². The Kier molecular flexibility index (Phi) is 2.40. The van der Waals surface area contributed by atoms with Gasteiger partial charge in [0.15, 0.2) is 0 Å². The van der Waals surface area contributed by atoms with E-state index in [1.165, 1.54) is 12.8 Å². The molecule has 1 N–H and O–H groups in total. The first-order valence-corrected chi connectivity index (χ1v) is 5.39. The highest BCUT2D eigenvalue weighted by molar-refractivity contribution is 5.09. The molecule has 0 radical (unpaired) electrons. The topological polar surface area (TPSA) is 25.2 Å². The van der Waals surface area contributed by atoms with Crippen LogP contribution in [0.5, 0.6) is 0 Å². The molecule has 1 aromatic heterocycles. The van der Waals surface area contributed by atoms with Crippen molar-refractivity contribution in [3.8, 4) is 0 Å². The van der Waals surface area contributed by atoms with E-state index in [0.29, 0.717) is 11.5 Å². The molecule has 1 fully saturated rings. The lowest BCUT2D eigenvalue weighted by Crippen LogP contribution is -2.24. The van der Waals surface area contributed by atoms with Crippen LogP contribution < -0.4 is 5.32 Å². The van der Waals surface area contributed by atoms with Crippen LogP contribution in [-0.2, 0) is 0 Å². The molecule has 14 heavy (non-hydrogen) atoms. The van der Waals surface area contributed by atoms with Gasteiger partial charge < -0.3 is 9.73 Å². The Balaban J connectivity index is 1.86. The van der Waals surface area contributed by atoms with Crippen LogP contribution in [0.3, 0.4) is 0 Å². The van der Waals surface area contributed by atoms with Gasteiger partial charge in [-0.05, 0) is 44.2 Å². The van der Waals surface area contributed by atoms with Gasteiger partial charge in [0.2, 0.25) is 0 Å². The summed E-state index contributed by atoms with van der Waals surface area (Å²) in [5, 5.41) is 3.52. The highest BCUT2D eigenvalue weighted by Gasteiger charge is 2.37. The molecule has 78 valence electrons. The first kappa shape index (κ1) is 9.78. The predicted octanol–water partition coefficient (Wildman–Crippen LogP) is 3.04. The van der Waals surface area contributed by atoms with Gasteiger partial charge in [0.05, 0.1) is 6.04 Å². The standard InChI is InChI=1S/C12H19NO/c1-9-4-5-11(14-9)10(2)13-8-12(3)6-7-12/h4-5,10,13H,6-8H2,1-3H3. The summed E-state index contributed by atoms with van der Waals surface area (Å²) in [6.45, 7) is 7.58. The number of rotatable bonds is 4. The average molecular weight is 193 g/mol. The molecule has 1 aliphatic rings.